The van der Waals surface area contributed by atoms with Crippen LogP contribution >= 0.6 is 34.5 Å². The molecule has 9 heteroatoms. The van der Waals surface area contributed by atoms with Gasteiger partial charge in [0.1, 0.15) is 0 Å². The molecule has 2 aromatic rings. The molecule has 0 saturated heterocycles. The standard InChI is InChI=1S/C10H8Cl2N2O3S2/c1-5-9(18-10(15)13-5)19(16,17)14-6-2-3-7(11)8(12)4-6/h2-4,14H,1H3,(H,13,15). The maximum atomic E-state index is 12.1. The minimum Gasteiger partial charge on any atom is -0.315 e. The van der Waals surface area contributed by atoms with Crippen LogP contribution in [-0.4, -0.2) is 13.4 Å². The van der Waals surface area contributed by atoms with Gasteiger partial charge < -0.3 is 4.98 Å². The van der Waals surface area contributed by atoms with Crippen molar-refractivity contribution in [3.63, 3.8) is 0 Å². The molecule has 0 fully saturated rings. The summed E-state index contributed by atoms with van der Waals surface area (Å²) in [6.45, 7) is 1.52. The van der Waals surface area contributed by atoms with Gasteiger partial charge in [-0.1, -0.05) is 34.5 Å². The Morgan fingerprint density at radius 1 is 1.26 bits per heavy atom. The van der Waals surface area contributed by atoms with E-state index in [2.05, 4.69) is 9.71 Å². The number of benzene rings is 1. The highest BCUT2D eigenvalue weighted by atomic mass is 35.5. The van der Waals surface area contributed by atoms with Crippen LogP contribution in [0.15, 0.2) is 27.2 Å². The first-order valence-electron chi connectivity index (χ1n) is 4.97. The molecule has 1 heterocycles. The molecule has 0 spiro atoms. The summed E-state index contributed by atoms with van der Waals surface area (Å²) in [5.41, 5.74) is 0.567. The average molecular weight is 339 g/mol. The normalized spacial score (nSPS) is 11.5. The van der Waals surface area contributed by atoms with Gasteiger partial charge >= 0.3 is 4.87 Å². The van der Waals surface area contributed by atoms with Crippen LogP contribution in [0.25, 0.3) is 0 Å². The van der Waals surface area contributed by atoms with E-state index in [1.54, 1.807) is 0 Å². The van der Waals surface area contributed by atoms with Crippen LogP contribution in [0.1, 0.15) is 5.69 Å². The smallest absolute Gasteiger partial charge is 0.306 e. The van der Waals surface area contributed by atoms with E-state index in [0.29, 0.717) is 22.1 Å². The van der Waals surface area contributed by atoms with Gasteiger partial charge in [-0.2, -0.15) is 0 Å². The molecular weight excluding hydrogens is 331 g/mol. The third-order valence-electron chi connectivity index (χ3n) is 2.20. The minimum absolute atomic E-state index is 0.0522. The van der Waals surface area contributed by atoms with Gasteiger partial charge in [-0.15, -0.1) is 0 Å². The first-order valence-corrected chi connectivity index (χ1v) is 8.03. The van der Waals surface area contributed by atoms with Crippen LogP contribution in [-0.2, 0) is 10.0 Å². The molecule has 0 atom stereocenters. The summed E-state index contributed by atoms with van der Waals surface area (Å²) in [4.78, 5) is 13.1. The highest BCUT2D eigenvalue weighted by Crippen LogP contribution is 2.27. The van der Waals surface area contributed by atoms with Crippen molar-refractivity contribution in [3.8, 4) is 0 Å². The fourth-order valence-corrected chi connectivity index (χ4v) is 4.06. The van der Waals surface area contributed by atoms with Gasteiger partial charge in [0.15, 0.2) is 4.21 Å². The summed E-state index contributed by atoms with van der Waals surface area (Å²) in [7, 11) is -3.82. The molecule has 0 amide bonds. The van der Waals surface area contributed by atoms with Crippen molar-refractivity contribution in [2.24, 2.45) is 0 Å². The topological polar surface area (TPSA) is 79.0 Å². The largest absolute Gasteiger partial charge is 0.315 e. The Morgan fingerprint density at radius 3 is 2.47 bits per heavy atom. The lowest BCUT2D eigenvalue weighted by Crippen LogP contribution is -2.12. The van der Waals surface area contributed by atoms with Gasteiger partial charge in [-0.25, -0.2) is 8.42 Å². The molecule has 19 heavy (non-hydrogen) atoms. The molecule has 0 bridgehead atoms. The van der Waals surface area contributed by atoms with Gasteiger partial charge in [-0.3, -0.25) is 9.52 Å². The zero-order valence-corrected chi connectivity index (χ0v) is 12.7. The first kappa shape index (κ1) is 14.4. The number of H-pyrrole nitrogens is 1. The first-order chi connectivity index (χ1) is 8.79. The summed E-state index contributed by atoms with van der Waals surface area (Å²) >= 11 is 12.2. The fourth-order valence-electron chi connectivity index (χ4n) is 1.41. The second-order valence-electron chi connectivity index (χ2n) is 3.66. The number of aromatic nitrogens is 1. The molecule has 0 unspecified atom stereocenters. The molecule has 102 valence electrons. The number of nitrogens with one attached hydrogen (secondary N) is 2. The van der Waals surface area contributed by atoms with E-state index in [4.69, 9.17) is 23.2 Å². The van der Waals surface area contributed by atoms with E-state index in [0.717, 1.165) is 0 Å². The number of hydrogen-bond donors (Lipinski definition) is 2. The molecular formula is C10H8Cl2N2O3S2. The zero-order valence-electron chi connectivity index (χ0n) is 9.53. The lowest BCUT2D eigenvalue weighted by atomic mass is 10.3. The van der Waals surface area contributed by atoms with Gasteiger partial charge in [-0.05, 0) is 25.1 Å². The van der Waals surface area contributed by atoms with Crippen LogP contribution in [0.5, 0.6) is 0 Å². The molecule has 1 aromatic heterocycles. The number of sulfonamides is 1. The van der Waals surface area contributed by atoms with E-state index in [9.17, 15) is 13.2 Å². The Balaban J connectivity index is 2.39. The highest BCUT2D eigenvalue weighted by Gasteiger charge is 2.20. The van der Waals surface area contributed by atoms with Crippen molar-refractivity contribution >= 4 is 50.2 Å². The summed E-state index contributed by atoms with van der Waals surface area (Å²) in [6, 6.07) is 4.36. The minimum atomic E-state index is -3.82. The van der Waals surface area contributed by atoms with E-state index >= 15 is 0 Å². The predicted molar refractivity (Wildman–Crippen MR) is 76.9 cm³/mol. The van der Waals surface area contributed by atoms with Crippen LogP contribution in [0.3, 0.4) is 0 Å². The lowest BCUT2D eigenvalue weighted by Gasteiger charge is -2.07. The molecule has 0 aliphatic rings. The van der Waals surface area contributed by atoms with Gasteiger partial charge in [0.05, 0.1) is 15.7 Å². The number of hydrogen-bond acceptors (Lipinski definition) is 4. The summed E-state index contributed by atoms with van der Waals surface area (Å²) in [6.07, 6.45) is 0. The molecule has 1 aromatic carbocycles. The lowest BCUT2D eigenvalue weighted by molar-refractivity contribution is 0.602. The van der Waals surface area contributed by atoms with Crippen LogP contribution in [0, 0.1) is 6.92 Å². The monoisotopic (exact) mass is 338 g/mol. The van der Waals surface area contributed by atoms with E-state index < -0.39 is 14.9 Å². The van der Waals surface area contributed by atoms with Gasteiger partial charge in [0.2, 0.25) is 0 Å². The van der Waals surface area contributed by atoms with Gasteiger partial charge in [0.25, 0.3) is 10.0 Å². The Morgan fingerprint density at radius 2 is 1.95 bits per heavy atom. The zero-order chi connectivity index (χ0) is 14.2. The van der Waals surface area contributed by atoms with Crippen LogP contribution < -0.4 is 9.60 Å². The summed E-state index contributed by atoms with van der Waals surface area (Å²) < 4.78 is 26.5. The Bertz CT molecular complexity index is 780. The van der Waals surface area contributed by atoms with Crippen molar-refractivity contribution in [1.82, 2.24) is 4.98 Å². The number of halogens is 2. The quantitative estimate of drug-likeness (QED) is 0.902. The molecule has 0 radical (unpaired) electrons. The van der Waals surface area contributed by atoms with Gasteiger partial charge in [0, 0.05) is 5.69 Å². The molecule has 2 rings (SSSR count). The number of rotatable bonds is 3. The number of aryl methyl sites for hydroxylation is 1. The second kappa shape index (κ2) is 5.16. The van der Waals surface area contributed by atoms with E-state index in [-0.39, 0.29) is 14.9 Å². The predicted octanol–water partition coefficient (Wildman–Crippen LogP) is 2.85. The number of anilines is 1. The molecule has 0 aliphatic heterocycles. The number of thiazole rings is 1. The maximum absolute atomic E-state index is 12.1. The van der Waals surface area contributed by atoms with Crippen molar-refractivity contribution in [1.29, 1.82) is 0 Å². The van der Waals surface area contributed by atoms with Crippen LogP contribution in [0.2, 0.25) is 10.0 Å². The Hall–Kier alpha value is -1.02. The molecule has 2 N–H and O–H groups in total. The SMILES string of the molecule is Cc1[nH]c(=O)sc1S(=O)(=O)Nc1ccc(Cl)c(Cl)c1. The van der Waals surface area contributed by atoms with E-state index in [1.807, 2.05) is 0 Å². The molecule has 0 saturated carbocycles. The summed E-state index contributed by atoms with van der Waals surface area (Å²) in [5, 5.41) is 0.563. The Kier molecular flexibility index (Phi) is 3.91. The third-order valence-corrected chi connectivity index (χ3v) is 5.92. The molecule has 0 aliphatic carbocycles. The fraction of sp³-hybridized carbons (Fsp3) is 0.100. The van der Waals surface area contributed by atoms with Crippen LogP contribution in [0.4, 0.5) is 5.69 Å². The maximum Gasteiger partial charge on any atom is 0.306 e. The highest BCUT2D eigenvalue weighted by molar-refractivity contribution is 7.94. The van der Waals surface area contributed by atoms with E-state index in [1.165, 1.54) is 25.1 Å². The number of aromatic amines is 1. The third kappa shape index (κ3) is 3.11. The van der Waals surface area contributed by atoms with Crippen molar-refractivity contribution in [2.45, 2.75) is 11.1 Å². The second-order valence-corrected chi connectivity index (χ2v) is 7.34. The molecule has 5 nitrogen and oxygen atoms in total. The summed E-state index contributed by atoms with van der Waals surface area (Å²) in [5.74, 6) is 0. The Labute approximate surface area is 123 Å². The van der Waals surface area contributed by atoms with Crippen molar-refractivity contribution in [3.05, 3.63) is 43.6 Å². The average Bonchev–Trinajstić information content (AvgIpc) is 2.63. The van der Waals surface area contributed by atoms with Crippen molar-refractivity contribution < 1.29 is 8.42 Å². The van der Waals surface area contributed by atoms with Crippen molar-refractivity contribution in [2.75, 3.05) is 4.72 Å².